The fourth-order valence-electron chi connectivity index (χ4n) is 1.97. The first-order valence-corrected chi connectivity index (χ1v) is 6.16. The molecule has 0 aliphatic rings. The maximum atomic E-state index is 14.0. The number of nitro groups is 1. The van der Waals surface area contributed by atoms with Crippen LogP contribution in [0.3, 0.4) is 0 Å². The molecule has 0 heterocycles. The van der Waals surface area contributed by atoms with E-state index in [1.54, 1.807) is 36.2 Å². The zero-order valence-electron chi connectivity index (χ0n) is 11.3. The lowest BCUT2D eigenvalue weighted by Gasteiger charge is -2.19. The average Bonchev–Trinajstić information content (AvgIpc) is 2.49. The van der Waals surface area contributed by atoms with Gasteiger partial charge in [-0.05, 0) is 24.3 Å². The van der Waals surface area contributed by atoms with Crippen molar-refractivity contribution >= 4 is 11.4 Å². The van der Waals surface area contributed by atoms with Gasteiger partial charge in [0.25, 0.3) is 0 Å². The molecule has 0 N–H and O–H groups in total. The van der Waals surface area contributed by atoms with Crippen LogP contribution in [-0.2, 0) is 6.54 Å². The third-order valence-corrected chi connectivity index (χ3v) is 3.10. The smallest absolute Gasteiger partial charge is 0.305 e. The van der Waals surface area contributed by atoms with Gasteiger partial charge < -0.3 is 4.90 Å². The second-order valence-corrected chi connectivity index (χ2v) is 4.52. The van der Waals surface area contributed by atoms with Crippen LogP contribution in [0, 0.1) is 27.3 Å². The lowest BCUT2D eigenvalue weighted by Crippen LogP contribution is -2.17. The van der Waals surface area contributed by atoms with E-state index in [-0.39, 0.29) is 12.1 Å². The third-order valence-electron chi connectivity index (χ3n) is 3.10. The van der Waals surface area contributed by atoms with Crippen molar-refractivity contribution in [3.8, 4) is 6.07 Å². The molecule has 2 aromatic rings. The highest BCUT2D eigenvalue weighted by Crippen LogP contribution is 2.23. The predicted molar refractivity (Wildman–Crippen MR) is 76.3 cm³/mol. The molecule has 0 radical (unpaired) electrons. The maximum Gasteiger partial charge on any atom is 0.305 e. The number of nitrogens with zero attached hydrogens (tertiary/aromatic N) is 3. The molecular weight excluding hydrogens is 273 g/mol. The first kappa shape index (κ1) is 14.5. The molecule has 2 rings (SSSR count). The summed E-state index contributed by atoms with van der Waals surface area (Å²) in [5.74, 6) is -0.817. The first-order valence-electron chi connectivity index (χ1n) is 6.16. The van der Waals surface area contributed by atoms with Crippen LogP contribution in [0.4, 0.5) is 15.8 Å². The molecule has 5 nitrogen and oxygen atoms in total. The quantitative estimate of drug-likeness (QED) is 0.638. The number of nitro benzene ring substituents is 1. The van der Waals surface area contributed by atoms with E-state index < -0.39 is 16.4 Å². The van der Waals surface area contributed by atoms with Crippen molar-refractivity contribution < 1.29 is 9.31 Å². The van der Waals surface area contributed by atoms with Gasteiger partial charge in [-0.2, -0.15) is 9.65 Å². The fourth-order valence-corrected chi connectivity index (χ4v) is 1.97. The Morgan fingerprint density at radius 3 is 2.52 bits per heavy atom. The Balaban J connectivity index is 2.23. The molecule has 0 bridgehead atoms. The lowest BCUT2D eigenvalue weighted by atomic mass is 10.1. The Hall–Kier alpha value is -2.94. The van der Waals surface area contributed by atoms with Crippen molar-refractivity contribution in [1.82, 2.24) is 0 Å². The number of anilines is 1. The molecule has 6 heteroatoms. The van der Waals surface area contributed by atoms with Gasteiger partial charge >= 0.3 is 5.69 Å². The van der Waals surface area contributed by atoms with Crippen molar-refractivity contribution in [3.05, 3.63) is 69.5 Å². The monoisotopic (exact) mass is 285 g/mol. The van der Waals surface area contributed by atoms with Gasteiger partial charge in [-0.3, -0.25) is 10.1 Å². The minimum Gasteiger partial charge on any atom is -0.370 e. The van der Waals surface area contributed by atoms with E-state index in [1.807, 2.05) is 6.07 Å². The summed E-state index contributed by atoms with van der Waals surface area (Å²) in [6.45, 7) is 0.194. The van der Waals surface area contributed by atoms with Crippen LogP contribution in [0.1, 0.15) is 11.1 Å². The highest BCUT2D eigenvalue weighted by atomic mass is 19.1. The molecule has 0 fully saturated rings. The van der Waals surface area contributed by atoms with Gasteiger partial charge in [-0.15, -0.1) is 0 Å². The minimum absolute atomic E-state index is 0.194. The molecule has 106 valence electrons. The first-order chi connectivity index (χ1) is 10.0. The van der Waals surface area contributed by atoms with Crippen LogP contribution >= 0.6 is 0 Å². The summed E-state index contributed by atoms with van der Waals surface area (Å²) in [6.07, 6.45) is 0. The van der Waals surface area contributed by atoms with Crippen molar-refractivity contribution in [2.24, 2.45) is 0 Å². The second kappa shape index (κ2) is 6.01. The van der Waals surface area contributed by atoms with Gasteiger partial charge in [0.15, 0.2) is 0 Å². The van der Waals surface area contributed by atoms with E-state index in [0.29, 0.717) is 5.56 Å². The van der Waals surface area contributed by atoms with Crippen molar-refractivity contribution in [1.29, 1.82) is 5.26 Å². The summed E-state index contributed by atoms with van der Waals surface area (Å²) in [5.41, 5.74) is 1.05. The summed E-state index contributed by atoms with van der Waals surface area (Å²) < 4.78 is 14.0. The lowest BCUT2D eigenvalue weighted by molar-refractivity contribution is -0.387. The Bertz CT molecular complexity index is 708. The summed E-state index contributed by atoms with van der Waals surface area (Å²) in [4.78, 5) is 11.7. The van der Waals surface area contributed by atoms with Crippen LogP contribution in [0.15, 0.2) is 42.5 Å². The molecule has 0 saturated carbocycles. The van der Waals surface area contributed by atoms with Gasteiger partial charge in [0.1, 0.15) is 0 Å². The molecule has 0 spiro atoms. The van der Waals surface area contributed by atoms with E-state index in [9.17, 15) is 14.5 Å². The van der Waals surface area contributed by atoms with Crippen molar-refractivity contribution in [2.75, 3.05) is 11.9 Å². The molecular formula is C15H12FN3O2. The molecule has 2 aromatic carbocycles. The van der Waals surface area contributed by atoms with Gasteiger partial charge in [0.05, 0.1) is 16.6 Å². The van der Waals surface area contributed by atoms with Crippen molar-refractivity contribution in [3.63, 3.8) is 0 Å². The van der Waals surface area contributed by atoms with Crippen LogP contribution in [0.2, 0.25) is 0 Å². The predicted octanol–water partition coefficient (Wildman–Crippen LogP) is 3.24. The topological polar surface area (TPSA) is 70.2 Å². The highest BCUT2D eigenvalue weighted by Gasteiger charge is 2.18. The number of benzene rings is 2. The standard InChI is InChI=1S/C15H12FN3O2/c1-18(13-7-5-11(9-17)6-8-13)10-12-3-2-4-14(15(12)16)19(20)21/h2-8H,10H2,1H3. The van der Waals surface area contributed by atoms with Crippen molar-refractivity contribution in [2.45, 2.75) is 6.54 Å². The molecule has 0 aromatic heterocycles. The SMILES string of the molecule is CN(Cc1cccc([N+](=O)[O-])c1F)c1ccc(C#N)cc1. The number of hydrogen-bond acceptors (Lipinski definition) is 4. The summed E-state index contributed by atoms with van der Waals surface area (Å²) in [7, 11) is 1.75. The van der Waals surface area contributed by atoms with Gasteiger partial charge in [0, 0.05) is 30.9 Å². The zero-order chi connectivity index (χ0) is 15.4. The van der Waals surface area contributed by atoms with E-state index in [0.717, 1.165) is 11.8 Å². The zero-order valence-corrected chi connectivity index (χ0v) is 11.3. The minimum atomic E-state index is -0.817. The molecule has 0 aliphatic heterocycles. The molecule has 0 saturated heterocycles. The second-order valence-electron chi connectivity index (χ2n) is 4.52. The molecule has 21 heavy (non-hydrogen) atoms. The normalized spacial score (nSPS) is 9.95. The largest absolute Gasteiger partial charge is 0.370 e. The van der Waals surface area contributed by atoms with E-state index in [4.69, 9.17) is 5.26 Å². The van der Waals surface area contributed by atoms with E-state index in [2.05, 4.69) is 0 Å². The Labute approximate surface area is 121 Å². The summed E-state index contributed by atoms with van der Waals surface area (Å²) >= 11 is 0. The van der Waals surface area contributed by atoms with Gasteiger partial charge in [-0.1, -0.05) is 12.1 Å². The van der Waals surface area contributed by atoms with Gasteiger partial charge in [-0.25, -0.2) is 0 Å². The van der Waals surface area contributed by atoms with Crippen LogP contribution in [0.25, 0.3) is 0 Å². The molecule has 0 unspecified atom stereocenters. The molecule has 0 amide bonds. The Morgan fingerprint density at radius 1 is 1.29 bits per heavy atom. The van der Waals surface area contributed by atoms with Crippen LogP contribution in [0.5, 0.6) is 0 Å². The molecule has 0 atom stereocenters. The van der Waals surface area contributed by atoms with E-state index in [1.165, 1.54) is 12.1 Å². The van der Waals surface area contributed by atoms with Gasteiger partial charge in [0.2, 0.25) is 5.82 Å². The fraction of sp³-hybridized carbons (Fsp3) is 0.133. The van der Waals surface area contributed by atoms with Crippen LogP contribution < -0.4 is 4.90 Å². The number of halogens is 1. The Kier molecular flexibility index (Phi) is 4.14. The highest BCUT2D eigenvalue weighted by molar-refractivity contribution is 5.50. The van der Waals surface area contributed by atoms with Crippen LogP contribution in [-0.4, -0.2) is 12.0 Å². The average molecular weight is 285 g/mol. The number of hydrogen-bond donors (Lipinski definition) is 0. The number of nitriles is 1. The maximum absolute atomic E-state index is 14.0. The Morgan fingerprint density at radius 2 is 1.95 bits per heavy atom. The van der Waals surface area contributed by atoms with E-state index >= 15 is 0 Å². The summed E-state index contributed by atoms with van der Waals surface area (Å²) in [5, 5.41) is 19.5. The molecule has 0 aliphatic carbocycles. The number of rotatable bonds is 4. The summed E-state index contributed by atoms with van der Waals surface area (Å²) in [6, 6.07) is 12.9. The third kappa shape index (κ3) is 3.15.